The third kappa shape index (κ3) is 3.88. The zero-order chi connectivity index (χ0) is 12.0. The van der Waals surface area contributed by atoms with Gasteiger partial charge in [0.25, 0.3) is 0 Å². The van der Waals surface area contributed by atoms with Crippen molar-refractivity contribution in [2.24, 2.45) is 5.73 Å². The van der Waals surface area contributed by atoms with Crippen molar-refractivity contribution in [3.63, 3.8) is 0 Å². The van der Waals surface area contributed by atoms with Crippen LogP contribution in [-0.2, 0) is 15.9 Å². The van der Waals surface area contributed by atoms with E-state index in [2.05, 4.69) is 10.1 Å². The fourth-order valence-corrected chi connectivity index (χ4v) is 1.21. The van der Waals surface area contributed by atoms with E-state index < -0.39 is 0 Å². The normalized spacial score (nSPS) is 15.0. The van der Waals surface area contributed by atoms with Crippen molar-refractivity contribution >= 4 is 0 Å². The Morgan fingerprint density at radius 1 is 1.44 bits per heavy atom. The molecule has 6 nitrogen and oxygen atoms in total. The van der Waals surface area contributed by atoms with Gasteiger partial charge in [-0.15, -0.1) is 0 Å². The van der Waals surface area contributed by atoms with Crippen molar-refractivity contribution in [3.05, 3.63) is 11.7 Å². The molecule has 6 heteroatoms. The maximum atomic E-state index is 5.85. The highest BCUT2D eigenvalue weighted by Gasteiger charge is 2.15. The summed E-state index contributed by atoms with van der Waals surface area (Å²) in [5.74, 6) is 1.08. The van der Waals surface area contributed by atoms with Gasteiger partial charge in [-0.2, -0.15) is 4.98 Å². The zero-order valence-electron chi connectivity index (χ0n) is 9.97. The van der Waals surface area contributed by atoms with Gasteiger partial charge in [0.05, 0.1) is 12.1 Å². The second kappa shape index (κ2) is 6.57. The summed E-state index contributed by atoms with van der Waals surface area (Å²) in [4.78, 5) is 4.21. The monoisotopic (exact) mass is 229 g/mol. The van der Waals surface area contributed by atoms with E-state index in [1.54, 1.807) is 14.2 Å². The molecule has 0 bridgehead atoms. The molecule has 92 valence electrons. The third-order valence-electron chi connectivity index (χ3n) is 2.31. The van der Waals surface area contributed by atoms with Gasteiger partial charge in [0.1, 0.15) is 0 Å². The lowest BCUT2D eigenvalue weighted by Gasteiger charge is -2.05. The topological polar surface area (TPSA) is 83.4 Å². The fraction of sp³-hybridized carbons (Fsp3) is 0.800. The summed E-state index contributed by atoms with van der Waals surface area (Å²) in [7, 11) is 3.28. The Balaban J connectivity index is 2.50. The lowest BCUT2D eigenvalue weighted by Crippen LogP contribution is -2.14. The van der Waals surface area contributed by atoms with E-state index in [4.69, 9.17) is 19.7 Å². The van der Waals surface area contributed by atoms with Gasteiger partial charge in [-0.1, -0.05) is 5.16 Å². The van der Waals surface area contributed by atoms with E-state index in [0.717, 1.165) is 0 Å². The van der Waals surface area contributed by atoms with Crippen LogP contribution in [0.5, 0.6) is 0 Å². The van der Waals surface area contributed by atoms with Crippen molar-refractivity contribution in [1.82, 2.24) is 10.1 Å². The van der Waals surface area contributed by atoms with Crippen molar-refractivity contribution in [1.29, 1.82) is 0 Å². The Kier molecular flexibility index (Phi) is 5.37. The van der Waals surface area contributed by atoms with Gasteiger partial charge >= 0.3 is 0 Å². The number of ether oxygens (including phenoxy) is 2. The first-order valence-corrected chi connectivity index (χ1v) is 5.27. The molecule has 0 radical (unpaired) electrons. The minimum atomic E-state index is -0.265. The Hall–Kier alpha value is -0.980. The van der Waals surface area contributed by atoms with Crippen LogP contribution in [0.25, 0.3) is 0 Å². The van der Waals surface area contributed by atoms with Crippen molar-refractivity contribution in [2.75, 3.05) is 20.8 Å². The van der Waals surface area contributed by atoms with Crippen LogP contribution in [0.4, 0.5) is 0 Å². The molecule has 16 heavy (non-hydrogen) atoms. The van der Waals surface area contributed by atoms with Crippen LogP contribution in [0, 0.1) is 0 Å². The Morgan fingerprint density at radius 2 is 2.19 bits per heavy atom. The van der Waals surface area contributed by atoms with Crippen LogP contribution in [0.3, 0.4) is 0 Å². The van der Waals surface area contributed by atoms with Crippen LogP contribution >= 0.6 is 0 Å². The molecule has 2 unspecified atom stereocenters. The van der Waals surface area contributed by atoms with Gasteiger partial charge in [-0.3, -0.25) is 0 Å². The van der Waals surface area contributed by atoms with E-state index in [0.29, 0.717) is 31.2 Å². The summed E-state index contributed by atoms with van der Waals surface area (Å²) < 4.78 is 15.1. The largest absolute Gasteiger partial charge is 0.385 e. The summed E-state index contributed by atoms with van der Waals surface area (Å²) in [6.07, 6.45) is 1.36. The van der Waals surface area contributed by atoms with Gasteiger partial charge < -0.3 is 19.7 Å². The summed E-state index contributed by atoms with van der Waals surface area (Å²) in [6.45, 7) is 2.52. The number of nitrogens with zero attached hydrogens (tertiary/aromatic N) is 2. The number of rotatable bonds is 7. The van der Waals surface area contributed by atoms with Crippen molar-refractivity contribution in [2.45, 2.75) is 31.9 Å². The smallest absolute Gasteiger partial charge is 0.243 e. The van der Waals surface area contributed by atoms with Crippen molar-refractivity contribution < 1.29 is 14.0 Å². The Bertz CT molecular complexity index is 303. The second-order valence-electron chi connectivity index (χ2n) is 3.69. The molecule has 0 aliphatic heterocycles. The first-order valence-electron chi connectivity index (χ1n) is 5.27. The number of nitrogens with two attached hydrogens (primary N) is 1. The molecule has 2 N–H and O–H groups in total. The molecule has 0 spiro atoms. The zero-order valence-corrected chi connectivity index (χ0v) is 9.97. The number of hydrogen-bond donors (Lipinski definition) is 1. The van der Waals surface area contributed by atoms with E-state index in [9.17, 15) is 0 Å². The molecule has 1 rings (SSSR count). The Labute approximate surface area is 95.1 Å². The maximum Gasteiger partial charge on any atom is 0.243 e. The molecule has 0 aliphatic rings. The molecular formula is C10H19N3O3. The van der Waals surface area contributed by atoms with Gasteiger partial charge in [0.2, 0.25) is 5.89 Å². The Morgan fingerprint density at radius 3 is 2.81 bits per heavy atom. The first kappa shape index (κ1) is 13.1. The first-order chi connectivity index (χ1) is 7.67. The van der Waals surface area contributed by atoms with E-state index in [1.165, 1.54) is 0 Å². The number of hydrogen-bond acceptors (Lipinski definition) is 6. The lowest BCUT2D eigenvalue weighted by atomic mass is 10.2. The highest BCUT2D eigenvalue weighted by atomic mass is 16.5. The highest BCUT2D eigenvalue weighted by Crippen LogP contribution is 2.12. The molecule has 0 fully saturated rings. The molecule has 1 aromatic heterocycles. The maximum absolute atomic E-state index is 5.85. The molecule has 0 amide bonds. The molecule has 0 saturated heterocycles. The number of aromatic nitrogens is 2. The van der Waals surface area contributed by atoms with Crippen molar-refractivity contribution in [3.8, 4) is 0 Å². The van der Waals surface area contributed by atoms with Crippen LogP contribution in [-0.4, -0.2) is 37.1 Å². The van der Waals surface area contributed by atoms with Gasteiger partial charge in [-0.25, -0.2) is 0 Å². The third-order valence-corrected chi connectivity index (χ3v) is 2.31. The van der Waals surface area contributed by atoms with Crippen LogP contribution < -0.4 is 5.73 Å². The molecule has 2 atom stereocenters. The number of methoxy groups -OCH3 is 2. The predicted molar refractivity (Wildman–Crippen MR) is 57.9 cm³/mol. The van der Waals surface area contributed by atoms with Gasteiger partial charge in [-0.05, 0) is 13.3 Å². The average Bonchev–Trinajstić information content (AvgIpc) is 2.74. The highest BCUT2D eigenvalue weighted by molar-refractivity contribution is 4.92. The molecule has 1 aromatic rings. The van der Waals surface area contributed by atoms with E-state index >= 15 is 0 Å². The lowest BCUT2D eigenvalue weighted by molar-refractivity contribution is 0.116. The van der Waals surface area contributed by atoms with Gasteiger partial charge in [0, 0.05) is 27.2 Å². The molecule has 0 saturated carbocycles. The summed E-state index contributed by atoms with van der Waals surface area (Å²) in [6, 6.07) is -0.265. The second-order valence-corrected chi connectivity index (χ2v) is 3.69. The SMILES string of the molecule is COCCC(N)c1nc(CC(C)OC)no1. The van der Waals surface area contributed by atoms with Crippen LogP contribution in [0.15, 0.2) is 4.52 Å². The molecule has 1 heterocycles. The fourth-order valence-electron chi connectivity index (χ4n) is 1.21. The standard InChI is InChI=1S/C10H19N3O3/c1-7(15-3)6-9-12-10(16-13-9)8(11)4-5-14-2/h7-8H,4-6,11H2,1-3H3. The van der Waals surface area contributed by atoms with Gasteiger partial charge in [0.15, 0.2) is 5.82 Å². The molecular weight excluding hydrogens is 210 g/mol. The van der Waals surface area contributed by atoms with E-state index in [-0.39, 0.29) is 12.1 Å². The summed E-state index contributed by atoms with van der Waals surface area (Å²) in [5, 5.41) is 3.85. The van der Waals surface area contributed by atoms with Crippen LogP contribution in [0.2, 0.25) is 0 Å². The predicted octanol–water partition coefficient (Wildman–Crippen LogP) is 0.683. The molecule has 0 aromatic carbocycles. The summed E-state index contributed by atoms with van der Waals surface area (Å²) >= 11 is 0. The quantitative estimate of drug-likeness (QED) is 0.740. The average molecular weight is 229 g/mol. The molecule has 0 aliphatic carbocycles. The minimum absolute atomic E-state index is 0.0700. The minimum Gasteiger partial charge on any atom is -0.385 e. The summed E-state index contributed by atoms with van der Waals surface area (Å²) in [5.41, 5.74) is 5.85. The van der Waals surface area contributed by atoms with E-state index in [1.807, 2.05) is 6.92 Å². The van der Waals surface area contributed by atoms with Crippen LogP contribution in [0.1, 0.15) is 31.1 Å².